The smallest absolute Gasteiger partial charge is 0.314 e. The molecule has 0 bridgehead atoms. The fraction of sp³-hybridized carbons (Fsp3) is 0.520. The lowest BCUT2D eigenvalue weighted by Gasteiger charge is -2.43. The molecule has 1 fully saturated rings. The van der Waals surface area contributed by atoms with Crippen LogP contribution >= 0.6 is 0 Å². The van der Waals surface area contributed by atoms with Crippen LogP contribution in [0.5, 0.6) is 0 Å². The topological polar surface area (TPSA) is 61.1 Å². The summed E-state index contributed by atoms with van der Waals surface area (Å²) >= 11 is 0. The summed E-state index contributed by atoms with van der Waals surface area (Å²) in [6.07, 6.45) is 13.4. The minimum atomic E-state index is -1.06. The Kier molecular flexibility index (Phi) is 6.90. The number of unbranched alkanes of at least 4 members (excludes halogenated alkanes) is 2. The van der Waals surface area contributed by atoms with Gasteiger partial charge in [0.15, 0.2) is 0 Å². The second kappa shape index (κ2) is 9.39. The van der Waals surface area contributed by atoms with Gasteiger partial charge in [-0.1, -0.05) is 75.8 Å². The monoisotopic (exact) mass is 395 g/mol. The summed E-state index contributed by atoms with van der Waals surface area (Å²) in [6.45, 7) is 2.21. The fourth-order valence-electron chi connectivity index (χ4n) is 5.14. The predicted molar refractivity (Wildman–Crippen MR) is 112 cm³/mol. The summed E-state index contributed by atoms with van der Waals surface area (Å²) in [4.78, 5) is 11.4. The second-order valence-electron chi connectivity index (χ2n) is 8.48. The Balaban J connectivity index is 1.92. The number of aliphatic carboxylic acids is 1. The summed E-state index contributed by atoms with van der Waals surface area (Å²) in [6, 6.07) is 9.37. The number of carbonyl (C=O) groups is 1. The van der Waals surface area contributed by atoms with Crippen molar-refractivity contribution in [1.82, 2.24) is 0 Å². The Labute approximate surface area is 172 Å². The van der Waals surface area contributed by atoms with E-state index in [1.807, 2.05) is 12.1 Å². The average Bonchev–Trinajstić information content (AvgIpc) is 2.74. The maximum Gasteiger partial charge on any atom is 0.314 e. The van der Waals surface area contributed by atoms with Gasteiger partial charge in [-0.3, -0.25) is 4.79 Å². The fourth-order valence-corrected chi connectivity index (χ4v) is 5.14. The molecule has 1 aromatic rings. The van der Waals surface area contributed by atoms with Crippen LogP contribution in [-0.2, 0) is 10.2 Å². The first kappa shape index (κ1) is 21.3. The number of allylic oxidation sites excluding steroid dienone is 2. The van der Waals surface area contributed by atoms with Gasteiger partial charge in [-0.05, 0) is 42.4 Å². The minimum Gasteiger partial charge on any atom is -0.481 e. The lowest BCUT2D eigenvalue weighted by atomic mass is 9.60. The van der Waals surface area contributed by atoms with Crippen molar-refractivity contribution in [2.75, 3.05) is 0 Å². The summed E-state index contributed by atoms with van der Waals surface area (Å²) in [5.41, 5.74) is 0.0810. The first-order chi connectivity index (χ1) is 14.0. The van der Waals surface area contributed by atoms with Crippen molar-refractivity contribution < 1.29 is 14.3 Å². The maximum absolute atomic E-state index is 15.7. The van der Waals surface area contributed by atoms with Crippen LogP contribution in [0, 0.1) is 29.1 Å². The van der Waals surface area contributed by atoms with Gasteiger partial charge < -0.3 is 5.11 Å². The zero-order valence-electron chi connectivity index (χ0n) is 17.1. The second-order valence-corrected chi connectivity index (χ2v) is 8.48. The number of carboxylic acid groups (broad SMARTS) is 1. The molecule has 2 unspecified atom stereocenters. The SMILES string of the molecule is CCCCCC1CCC(C2(c3ccccc3C#N)C=CC(C(=O)O)C=C2F)CC1. The van der Waals surface area contributed by atoms with Crippen LogP contribution in [0.4, 0.5) is 4.39 Å². The molecule has 29 heavy (non-hydrogen) atoms. The van der Waals surface area contributed by atoms with Crippen molar-refractivity contribution in [2.24, 2.45) is 17.8 Å². The zero-order chi connectivity index (χ0) is 20.9. The largest absolute Gasteiger partial charge is 0.481 e. The molecule has 0 saturated heterocycles. The average molecular weight is 396 g/mol. The van der Waals surface area contributed by atoms with E-state index in [0.29, 0.717) is 17.0 Å². The van der Waals surface area contributed by atoms with E-state index >= 15 is 4.39 Å². The molecular weight excluding hydrogens is 365 g/mol. The van der Waals surface area contributed by atoms with Crippen LogP contribution in [0.1, 0.15) is 69.4 Å². The van der Waals surface area contributed by atoms with Gasteiger partial charge in [-0.25, -0.2) is 4.39 Å². The van der Waals surface area contributed by atoms with E-state index in [2.05, 4.69) is 13.0 Å². The van der Waals surface area contributed by atoms with Crippen molar-refractivity contribution in [3.8, 4) is 6.07 Å². The van der Waals surface area contributed by atoms with Crippen LogP contribution in [-0.4, -0.2) is 11.1 Å². The third-order valence-corrected chi connectivity index (χ3v) is 6.77. The molecule has 1 N–H and O–H groups in total. The molecule has 0 radical (unpaired) electrons. The molecule has 2 atom stereocenters. The number of carboxylic acids is 1. The number of hydrogen-bond donors (Lipinski definition) is 1. The molecule has 0 aromatic heterocycles. The van der Waals surface area contributed by atoms with Crippen LogP contribution in [0.15, 0.2) is 48.3 Å². The number of halogens is 1. The molecule has 0 amide bonds. The highest BCUT2D eigenvalue weighted by molar-refractivity contribution is 5.75. The molecule has 3 rings (SSSR count). The lowest BCUT2D eigenvalue weighted by Crippen LogP contribution is -2.39. The number of benzene rings is 1. The van der Waals surface area contributed by atoms with E-state index in [-0.39, 0.29) is 5.92 Å². The Morgan fingerprint density at radius 2 is 1.97 bits per heavy atom. The highest BCUT2D eigenvalue weighted by Gasteiger charge is 2.47. The first-order valence-electron chi connectivity index (χ1n) is 10.8. The molecule has 3 nitrogen and oxygen atoms in total. The number of nitriles is 1. The van der Waals surface area contributed by atoms with Gasteiger partial charge in [-0.15, -0.1) is 0 Å². The van der Waals surface area contributed by atoms with Crippen LogP contribution in [0.2, 0.25) is 0 Å². The van der Waals surface area contributed by atoms with Gasteiger partial charge >= 0.3 is 5.97 Å². The van der Waals surface area contributed by atoms with Gasteiger partial charge in [-0.2, -0.15) is 5.26 Å². The third-order valence-electron chi connectivity index (χ3n) is 6.77. The molecule has 0 aliphatic heterocycles. The Hall–Kier alpha value is -2.41. The zero-order valence-corrected chi connectivity index (χ0v) is 17.1. The van der Waals surface area contributed by atoms with Gasteiger partial charge in [0.05, 0.1) is 23.0 Å². The van der Waals surface area contributed by atoms with Crippen LogP contribution < -0.4 is 0 Å². The first-order valence-corrected chi connectivity index (χ1v) is 10.8. The molecular formula is C25H30FNO2. The van der Waals surface area contributed by atoms with Gasteiger partial charge in [0.1, 0.15) is 5.83 Å². The molecule has 1 aromatic carbocycles. The Morgan fingerprint density at radius 3 is 2.59 bits per heavy atom. The van der Waals surface area contributed by atoms with E-state index in [4.69, 9.17) is 0 Å². The molecule has 2 aliphatic carbocycles. The van der Waals surface area contributed by atoms with Gasteiger partial charge in [0.25, 0.3) is 0 Å². The number of rotatable bonds is 7. The van der Waals surface area contributed by atoms with E-state index < -0.39 is 23.1 Å². The van der Waals surface area contributed by atoms with Crippen molar-refractivity contribution in [2.45, 2.75) is 63.7 Å². The molecule has 1 saturated carbocycles. The Bertz CT molecular complexity index is 829. The van der Waals surface area contributed by atoms with Crippen molar-refractivity contribution in [1.29, 1.82) is 5.26 Å². The third kappa shape index (κ3) is 4.29. The number of nitrogens with zero attached hydrogens (tertiary/aromatic N) is 1. The van der Waals surface area contributed by atoms with E-state index in [1.54, 1.807) is 24.3 Å². The van der Waals surface area contributed by atoms with Crippen molar-refractivity contribution in [3.05, 3.63) is 59.4 Å². The maximum atomic E-state index is 15.7. The van der Waals surface area contributed by atoms with Gasteiger partial charge in [0, 0.05) is 0 Å². The van der Waals surface area contributed by atoms with Crippen molar-refractivity contribution in [3.63, 3.8) is 0 Å². The van der Waals surface area contributed by atoms with E-state index in [0.717, 1.165) is 25.7 Å². The van der Waals surface area contributed by atoms with E-state index in [1.165, 1.54) is 31.8 Å². The van der Waals surface area contributed by atoms with Crippen molar-refractivity contribution >= 4 is 5.97 Å². The predicted octanol–water partition coefficient (Wildman–Crippen LogP) is 6.31. The molecule has 0 heterocycles. The molecule has 2 aliphatic rings. The summed E-state index contributed by atoms with van der Waals surface area (Å²) in [5.74, 6) is -1.72. The summed E-state index contributed by atoms with van der Waals surface area (Å²) in [5, 5.41) is 19.0. The molecule has 154 valence electrons. The summed E-state index contributed by atoms with van der Waals surface area (Å²) < 4.78 is 15.7. The quantitative estimate of drug-likeness (QED) is 0.435. The number of hydrogen-bond acceptors (Lipinski definition) is 2. The van der Waals surface area contributed by atoms with Gasteiger partial charge in [0.2, 0.25) is 0 Å². The lowest BCUT2D eigenvalue weighted by molar-refractivity contribution is -0.138. The minimum absolute atomic E-state index is 0.0293. The van der Waals surface area contributed by atoms with Crippen LogP contribution in [0.25, 0.3) is 0 Å². The van der Waals surface area contributed by atoms with E-state index in [9.17, 15) is 15.2 Å². The Morgan fingerprint density at radius 1 is 1.24 bits per heavy atom. The highest BCUT2D eigenvalue weighted by Crippen LogP contribution is 2.51. The normalized spacial score (nSPS) is 29.1. The standard InChI is InChI=1S/C25H30FNO2/c1-2-3-4-7-18-10-12-21(13-11-18)25(22-9-6-5-8-20(22)17-27)15-14-19(24(28)29)16-23(25)26/h5-6,8-9,14-16,18-19,21H,2-4,7,10-13H2,1H3,(H,28,29). The molecule has 4 heteroatoms. The molecule has 0 spiro atoms. The van der Waals surface area contributed by atoms with Crippen LogP contribution in [0.3, 0.4) is 0 Å². The summed E-state index contributed by atoms with van der Waals surface area (Å²) in [7, 11) is 0. The highest BCUT2D eigenvalue weighted by atomic mass is 19.1.